The first-order valence-corrected chi connectivity index (χ1v) is 8.41. The summed E-state index contributed by atoms with van der Waals surface area (Å²) >= 11 is 1.34. The van der Waals surface area contributed by atoms with Gasteiger partial charge < -0.3 is 9.88 Å². The van der Waals surface area contributed by atoms with E-state index in [9.17, 15) is 4.79 Å². The molecule has 1 aromatic carbocycles. The predicted octanol–water partition coefficient (Wildman–Crippen LogP) is 1.82. The van der Waals surface area contributed by atoms with Crippen molar-refractivity contribution in [2.24, 2.45) is 7.05 Å². The van der Waals surface area contributed by atoms with Crippen molar-refractivity contribution in [2.45, 2.75) is 32.4 Å². The van der Waals surface area contributed by atoms with Crippen LogP contribution in [0.1, 0.15) is 19.4 Å². The minimum absolute atomic E-state index is 0.118. The minimum Gasteiger partial charge on any atom is -0.309 e. The van der Waals surface area contributed by atoms with Crippen molar-refractivity contribution in [3.8, 4) is 0 Å². The van der Waals surface area contributed by atoms with E-state index in [1.165, 1.54) is 16.9 Å². The van der Waals surface area contributed by atoms with Gasteiger partial charge in [0.15, 0.2) is 0 Å². The Morgan fingerprint density at radius 3 is 2.71 bits per heavy atom. The molecule has 1 aliphatic heterocycles. The average molecular weight is 305 g/mol. The zero-order valence-electron chi connectivity index (χ0n) is 12.9. The van der Waals surface area contributed by atoms with Crippen molar-refractivity contribution in [2.75, 3.05) is 19.6 Å². The van der Waals surface area contributed by atoms with Gasteiger partial charge in [0, 0.05) is 38.8 Å². The summed E-state index contributed by atoms with van der Waals surface area (Å²) in [7, 11) is 1.84. The molecule has 3 rings (SSSR count). The molecule has 21 heavy (non-hydrogen) atoms. The van der Waals surface area contributed by atoms with E-state index in [1.807, 2.05) is 7.05 Å². The fraction of sp³-hybridized carbons (Fsp3) is 0.562. The first kappa shape index (κ1) is 14.8. The maximum Gasteiger partial charge on any atom is 0.307 e. The van der Waals surface area contributed by atoms with Crippen molar-refractivity contribution >= 4 is 21.6 Å². The van der Waals surface area contributed by atoms with Gasteiger partial charge in [-0.15, -0.1) is 0 Å². The number of hydrogen-bond donors (Lipinski definition) is 1. The molecule has 2 heterocycles. The Labute approximate surface area is 129 Å². The van der Waals surface area contributed by atoms with Crippen LogP contribution in [0, 0.1) is 0 Å². The Morgan fingerprint density at radius 2 is 2.00 bits per heavy atom. The Morgan fingerprint density at radius 1 is 1.29 bits per heavy atom. The van der Waals surface area contributed by atoms with E-state index in [-0.39, 0.29) is 4.87 Å². The summed E-state index contributed by atoms with van der Waals surface area (Å²) in [5.41, 5.74) is 2.36. The monoisotopic (exact) mass is 305 g/mol. The molecule has 2 aromatic rings. The maximum atomic E-state index is 11.7. The predicted molar refractivity (Wildman–Crippen MR) is 89.3 cm³/mol. The highest BCUT2D eigenvalue weighted by molar-refractivity contribution is 7.16. The first-order chi connectivity index (χ1) is 10.0. The van der Waals surface area contributed by atoms with Crippen LogP contribution in [0.2, 0.25) is 0 Å². The number of aryl methyl sites for hydroxylation is 1. The van der Waals surface area contributed by atoms with Crippen LogP contribution >= 0.6 is 11.3 Å². The number of nitrogens with zero attached hydrogens (tertiary/aromatic N) is 2. The number of piperazine rings is 1. The van der Waals surface area contributed by atoms with Crippen LogP contribution in [0.5, 0.6) is 0 Å². The molecule has 0 amide bonds. The summed E-state index contributed by atoms with van der Waals surface area (Å²) in [6.07, 6.45) is 1.05. The van der Waals surface area contributed by atoms with Crippen molar-refractivity contribution in [3.63, 3.8) is 0 Å². The Bertz CT molecular complexity index is 680. The molecule has 1 aromatic heterocycles. The van der Waals surface area contributed by atoms with Gasteiger partial charge in [-0.1, -0.05) is 17.4 Å². The Kier molecular flexibility index (Phi) is 4.15. The Balaban J connectivity index is 1.69. The number of nitrogens with one attached hydrogen (secondary N) is 1. The summed E-state index contributed by atoms with van der Waals surface area (Å²) in [6.45, 7) is 7.81. The molecular formula is C16H23N3OS. The summed E-state index contributed by atoms with van der Waals surface area (Å²) in [4.78, 5) is 14.3. The van der Waals surface area contributed by atoms with E-state index in [4.69, 9.17) is 0 Å². The third-order valence-corrected chi connectivity index (χ3v) is 5.20. The van der Waals surface area contributed by atoms with Crippen LogP contribution in [0.4, 0.5) is 0 Å². The second-order valence-electron chi connectivity index (χ2n) is 6.21. The zero-order valence-corrected chi connectivity index (χ0v) is 13.7. The maximum absolute atomic E-state index is 11.7. The topological polar surface area (TPSA) is 37.3 Å². The largest absolute Gasteiger partial charge is 0.309 e. The standard InChI is InChI=1S/C16H23N3OS/c1-11-9-19(10-12(2)17-11)7-6-13-4-5-14-15(8-13)21-16(20)18(14)3/h4-5,8,11-12,17H,6-7,9-10H2,1-3H3/t11-,12+. The number of benzene rings is 1. The molecule has 1 aliphatic rings. The SMILES string of the molecule is C[C@@H]1CN(CCc2ccc3c(c2)sc(=O)n3C)C[C@H](C)N1. The van der Waals surface area contributed by atoms with Gasteiger partial charge >= 0.3 is 4.87 Å². The van der Waals surface area contributed by atoms with Crippen molar-refractivity contribution in [3.05, 3.63) is 33.4 Å². The average Bonchev–Trinajstić information content (AvgIpc) is 2.70. The first-order valence-electron chi connectivity index (χ1n) is 7.60. The molecule has 0 radical (unpaired) electrons. The summed E-state index contributed by atoms with van der Waals surface area (Å²) in [6, 6.07) is 7.54. The minimum atomic E-state index is 0.118. The highest BCUT2D eigenvalue weighted by Gasteiger charge is 2.20. The summed E-state index contributed by atoms with van der Waals surface area (Å²) in [5, 5.41) is 3.56. The molecule has 0 saturated carbocycles. The number of rotatable bonds is 3. The van der Waals surface area contributed by atoms with Gasteiger partial charge in [0.25, 0.3) is 0 Å². The third kappa shape index (κ3) is 3.20. The molecule has 0 bridgehead atoms. The van der Waals surface area contributed by atoms with E-state index in [2.05, 4.69) is 42.3 Å². The van der Waals surface area contributed by atoms with Gasteiger partial charge in [0.1, 0.15) is 0 Å². The van der Waals surface area contributed by atoms with E-state index in [1.54, 1.807) is 4.57 Å². The van der Waals surface area contributed by atoms with E-state index < -0.39 is 0 Å². The molecule has 5 heteroatoms. The van der Waals surface area contributed by atoms with Crippen LogP contribution in [-0.2, 0) is 13.5 Å². The number of thiazole rings is 1. The molecule has 2 atom stereocenters. The number of fused-ring (bicyclic) bond motifs is 1. The molecule has 0 spiro atoms. The van der Waals surface area contributed by atoms with E-state index in [0.717, 1.165) is 36.3 Å². The lowest BCUT2D eigenvalue weighted by Gasteiger charge is -2.36. The lowest BCUT2D eigenvalue weighted by molar-refractivity contribution is 0.175. The lowest BCUT2D eigenvalue weighted by Crippen LogP contribution is -2.54. The Hall–Kier alpha value is -1.17. The molecule has 1 saturated heterocycles. The third-order valence-electron chi connectivity index (χ3n) is 4.21. The summed E-state index contributed by atoms with van der Waals surface area (Å²) in [5.74, 6) is 0. The van der Waals surface area contributed by atoms with Crippen LogP contribution in [0.15, 0.2) is 23.0 Å². The number of hydrogen-bond acceptors (Lipinski definition) is 4. The van der Waals surface area contributed by atoms with Crippen LogP contribution in [0.25, 0.3) is 10.2 Å². The van der Waals surface area contributed by atoms with Crippen LogP contribution < -0.4 is 10.2 Å². The smallest absolute Gasteiger partial charge is 0.307 e. The van der Waals surface area contributed by atoms with Gasteiger partial charge in [-0.2, -0.15) is 0 Å². The second-order valence-corrected chi connectivity index (χ2v) is 7.20. The summed E-state index contributed by atoms with van der Waals surface area (Å²) < 4.78 is 2.82. The van der Waals surface area contributed by atoms with Crippen molar-refractivity contribution in [1.29, 1.82) is 0 Å². The van der Waals surface area contributed by atoms with E-state index >= 15 is 0 Å². The normalized spacial score (nSPS) is 23.8. The van der Waals surface area contributed by atoms with Gasteiger partial charge in [0.2, 0.25) is 0 Å². The van der Waals surface area contributed by atoms with Crippen molar-refractivity contribution in [1.82, 2.24) is 14.8 Å². The molecule has 1 N–H and O–H groups in total. The van der Waals surface area contributed by atoms with Crippen LogP contribution in [-0.4, -0.2) is 41.2 Å². The number of aromatic nitrogens is 1. The van der Waals surface area contributed by atoms with E-state index in [0.29, 0.717) is 12.1 Å². The van der Waals surface area contributed by atoms with Gasteiger partial charge in [-0.25, -0.2) is 0 Å². The fourth-order valence-electron chi connectivity index (χ4n) is 3.24. The molecule has 4 nitrogen and oxygen atoms in total. The highest BCUT2D eigenvalue weighted by atomic mass is 32.1. The molecule has 114 valence electrons. The molecule has 0 aliphatic carbocycles. The lowest BCUT2D eigenvalue weighted by atomic mass is 10.1. The molecule has 0 unspecified atom stereocenters. The van der Waals surface area contributed by atoms with Gasteiger partial charge in [0.05, 0.1) is 10.2 Å². The fourth-order valence-corrected chi connectivity index (χ4v) is 4.19. The van der Waals surface area contributed by atoms with Gasteiger partial charge in [-0.05, 0) is 38.0 Å². The second kappa shape index (κ2) is 5.91. The zero-order chi connectivity index (χ0) is 15.0. The van der Waals surface area contributed by atoms with Crippen molar-refractivity contribution < 1.29 is 0 Å². The van der Waals surface area contributed by atoms with Crippen LogP contribution in [0.3, 0.4) is 0 Å². The highest BCUT2D eigenvalue weighted by Crippen LogP contribution is 2.19. The molecular weight excluding hydrogens is 282 g/mol. The quantitative estimate of drug-likeness (QED) is 0.940. The van der Waals surface area contributed by atoms with Gasteiger partial charge in [-0.3, -0.25) is 9.69 Å². The molecule has 1 fully saturated rings.